The number of likely N-dealkylation sites (tertiary alicyclic amines) is 1. The minimum Gasteiger partial charge on any atom is -0.373 e. The molecule has 1 atom stereocenters. The summed E-state index contributed by atoms with van der Waals surface area (Å²) in [5, 5.41) is 3.03. The predicted molar refractivity (Wildman–Crippen MR) is 67.9 cm³/mol. The van der Waals surface area contributed by atoms with Crippen LogP contribution < -0.4 is 5.32 Å². The molecule has 1 fully saturated rings. The van der Waals surface area contributed by atoms with E-state index in [9.17, 15) is 4.79 Å². The van der Waals surface area contributed by atoms with Gasteiger partial charge in [-0.3, -0.25) is 4.79 Å². The van der Waals surface area contributed by atoms with Crippen LogP contribution >= 0.6 is 0 Å². The third-order valence-electron chi connectivity index (χ3n) is 3.45. The summed E-state index contributed by atoms with van der Waals surface area (Å²) in [5.74, 6) is 0.875. The topological polar surface area (TPSA) is 45.2 Å². The fourth-order valence-corrected chi connectivity index (χ4v) is 2.47. The van der Waals surface area contributed by atoms with Crippen LogP contribution in [-0.2, 0) is 4.79 Å². The zero-order chi connectivity index (χ0) is 12.3. The number of nitrogens with zero attached hydrogens (tertiary/aromatic N) is 2. The Balaban J connectivity index is 2.28. The Morgan fingerprint density at radius 2 is 2.35 bits per heavy atom. The van der Waals surface area contributed by atoms with Crippen molar-refractivity contribution in [2.45, 2.75) is 32.2 Å². The molecule has 1 aromatic heterocycles. The second-order valence-corrected chi connectivity index (χ2v) is 4.53. The molecule has 92 valence electrons. The van der Waals surface area contributed by atoms with E-state index >= 15 is 0 Å². The van der Waals surface area contributed by atoms with Gasteiger partial charge in [0.25, 0.3) is 0 Å². The van der Waals surface area contributed by atoms with E-state index < -0.39 is 0 Å². The highest BCUT2D eigenvalue weighted by Gasteiger charge is 2.24. The number of piperidine rings is 1. The number of pyridine rings is 1. The average Bonchev–Trinajstić information content (AvgIpc) is 2.38. The van der Waals surface area contributed by atoms with Crippen LogP contribution in [0.25, 0.3) is 0 Å². The fraction of sp³-hybridized carbons (Fsp3) is 0.538. The maximum Gasteiger partial charge on any atom is 0.210 e. The van der Waals surface area contributed by atoms with Gasteiger partial charge in [-0.2, -0.15) is 0 Å². The van der Waals surface area contributed by atoms with E-state index in [0.29, 0.717) is 0 Å². The molecule has 0 radical (unpaired) electrons. The van der Waals surface area contributed by atoms with E-state index in [-0.39, 0.29) is 6.04 Å². The number of aromatic nitrogens is 1. The molecule has 2 heterocycles. The Hall–Kier alpha value is -1.58. The molecule has 17 heavy (non-hydrogen) atoms. The summed E-state index contributed by atoms with van der Waals surface area (Å²) in [5.41, 5.74) is 2.37. The second kappa shape index (κ2) is 5.17. The lowest BCUT2D eigenvalue weighted by atomic mass is 9.94. The van der Waals surface area contributed by atoms with Gasteiger partial charge >= 0.3 is 0 Å². The Morgan fingerprint density at radius 3 is 3.00 bits per heavy atom. The van der Waals surface area contributed by atoms with Crippen LogP contribution in [0.3, 0.4) is 0 Å². The first-order valence-corrected chi connectivity index (χ1v) is 6.11. The molecule has 0 unspecified atom stereocenters. The summed E-state index contributed by atoms with van der Waals surface area (Å²) in [6, 6.07) is 2.24. The molecule has 1 aromatic rings. The van der Waals surface area contributed by atoms with Gasteiger partial charge < -0.3 is 10.2 Å². The van der Waals surface area contributed by atoms with Crippen molar-refractivity contribution in [3.8, 4) is 0 Å². The monoisotopic (exact) mass is 233 g/mol. The van der Waals surface area contributed by atoms with Crippen LogP contribution in [0.5, 0.6) is 0 Å². The van der Waals surface area contributed by atoms with Gasteiger partial charge in [0.05, 0.1) is 6.04 Å². The van der Waals surface area contributed by atoms with Gasteiger partial charge in [0.1, 0.15) is 5.82 Å². The predicted octanol–water partition coefficient (Wildman–Crippen LogP) is 2.12. The van der Waals surface area contributed by atoms with Crippen molar-refractivity contribution in [3.63, 3.8) is 0 Å². The van der Waals surface area contributed by atoms with E-state index in [2.05, 4.69) is 17.2 Å². The summed E-state index contributed by atoms with van der Waals surface area (Å²) in [6.07, 6.45) is 6.20. The summed E-state index contributed by atoms with van der Waals surface area (Å²) in [6.45, 7) is 2.94. The molecule has 1 saturated heterocycles. The number of carbonyl (C=O) groups excluding carboxylic acids is 1. The SMILES string of the molecule is CNc1cc(C)c([C@@H]2CCCCN2C=O)cn1. The van der Waals surface area contributed by atoms with Crippen molar-refractivity contribution in [3.05, 3.63) is 23.4 Å². The molecule has 1 N–H and O–H groups in total. The first-order valence-electron chi connectivity index (χ1n) is 6.11. The van der Waals surface area contributed by atoms with Crippen molar-refractivity contribution in [2.75, 3.05) is 18.9 Å². The third kappa shape index (κ3) is 2.40. The van der Waals surface area contributed by atoms with Gasteiger partial charge in [0.15, 0.2) is 0 Å². The minimum atomic E-state index is 0.208. The first kappa shape index (κ1) is 11.9. The standard InChI is InChI=1S/C13H19N3O/c1-10-7-13(14-2)15-8-11(10)12-5-3-4-6-16(12)9-17/h7-9,12H,3-6H2,1-2H3,(H,14,15)/t12-/m0/s1. The summed E-state index contributed by atoms with van der Waals surface area (Å²) >= 11 is 0. The molecule has 1 aliphatic rings. The fourth-order valence-electron chi connectivity index (χ4n) is 2.47. The molecular formula is C13H19N3O. The highest BCUT2D eigenvalue weighted by atomic mass is 16.1. The lowest BCUT2D eigenvalue weighted by Crippen LogP contribution is -2.32. The molecule has 1 aliphatic heterocycles. The number of anilines is 1. The Labute approximate surface area is 102 Å². The number of aryl methyl sites for hydroxylation is 1. The van der Waals surface area contributed by atoms with Crippen LogP contribution in [0, 0.1) is 6.92 Å². The number of nitrogens with one attached hydrogen (secondary N) is 1. The molecule has 0 saturated carbocycles. The maximum atomic E-state index is 11.1. The highest BCUT2D eigenvalue weighted by molar-refractivity contribution is 5.50. The van der Waals surface area contributed by atoms with E-state index in [0.717, 1.165) is 31.6 Å². The van der Waals surface area contributed by atoms with Crippen molar-refractivity contribution in [1.29, 1.82) is 0 Å². The second-order valence-electron chi connectivity index (χ2n) is 4.53. The number of carbonyl (C=O) groups is 1. The van der Waals surface area contributed by atoms with E-state index in [1.807, 2.05) is 24.2 Å². The zero-order valence-corrected chi connectivity index (χ0v) is 10.4. The number of rotatable bonds is 3. The largest absolute Gasteiger partial charge is 0.373 e. The first-order chi connectivity index (χ1) is 8.26. The molecule has 4 nitrogen and oxygen atoms in total. The van der Waals surface area contributed by atoms with Crippen LogP contribution in [0.2, 0.25) is 0 Å². The Morgan fingerprint density at radius 1 is 1.53 bits per heavy atom. The van der Waals surface area contributed by atoms with E-state index in [1.54, 1.807) is 0 Å². The molecule has 0 aromatic carbocycles. The molecule has 1 amide bonds. The average molecular weight is 233 g/mol. The number of hydrogen-bond acceptors (Lipinski definition) is 3. The third-order valence-corrected chi connectivity index (χ3v) is 3.45. The van der Waals surface area contributed by atoms with E-state index in [4.69, 9.17) is 0 Å². The highest BCUT2D eigenvalue weighted by Crippen LogP contribution is 2.31. The van der Waals surface area contributed by atoms with Crippen LogP contribution in [-0.4, -0.2) is 29.9 Å². The van der Waals surface area contributed by atoms with Gasteiger partial charge in [-0.15, -0.1) is 0 Å². The van der Waals surface area contributed by atoms with Crippen molar-refractivity contribution in [1.82, 2.24) is 9.88 Å². The normalized spacial score (nSPS) is 20.1. The van der Waals surface area contributed by atoms with Gasteiger partial charge in [-0.25, -0.2) is 4.98 Å². The van der Waals surface area contributed by atoms with Gasteiger partial charge in [-0.05, 0) is 43.4 Å². The van der Waals surface area contributed by atoms with Crippen LogP contribution in [0.1, 0.15) is 36.4 Å². The van der Waals surface area contributed by atoms with Gasteiger partial charge in [-0.1, -0.05) is 0 Å². The Bertz CT molecular complexity index is 406. The molecular weight excluding hydrogens is 214 g/mol. The molecule has 4 heteroatoms. The summed E-state index contributed by atoms with van der Waals surface area (Å²) in [4.78, 5) is 17.3. The number of amides is 1. The van der Waals surface area contributed by atoms with Crippen LogP contribution in [0.15, 0.2) is 12.3 Å². The van der Waals surface area contributed by atoms with Gasteiger partial charge in [0.2, 0.25) is 6.41 Å². The Kier molecular flexibility index (Phi) is 3.61. The maximum absolute atomic E-state index is 11.1. The molecule has 0 spiro atoms. The molecule has 0 bridgehead atoms. The number of hydrogen-bond donors (Lipinski definition) is 1. The van der Waals surface area contributed by atoms with Crippen molar-refractivity contribution < 1.29 is 4.79 Å². The van der Waals surface area contributed by atoms with Gasteiger partial charge in [0, 0.05) is 19.8 Å². The molecule has 2 rings (SSSR count). The lowest BCUT2D eigenvalue weighted by Gasteiger charge is -2.33. The quantitative estimate of drug-likeness (QED) is 0.813. The summed E-state index contributed by atoms with van der Waals surface area (Å²) in [7, 11) is 1.86. The van der Waals surface area contributed by atoms with Crippen LogP contribution in [0.4, 0.5) is 5.82 Å². The lowest BCUT2D eigenvalue weighted by molar-refractivity contribution is -0.121. The molecule has 0 aliphatic carbocycles. The summed E-state index contributed by atoms with van der Waals surface area (Å²) < 4.78 is 0. The smallest absolute Gasteiger partial charge is 0.210 e. The van der Waals surface area contributed by atoms with Crippen molar-refractivity contribution >= 4 is 12.2 Å². The minimum absolute atomic E-state index is 0.208. The van der Waals surface area contributed by atoms with Crippen molar-refractivity contribution in [2.24, 2.45) is 0 Å². The zero-order valence-electron chi connectivity index (χ0n) is 10.4. The van der Waals surface area contributed by atoms with E-state index in [1.165, 1.54) is 17.5 Å².